The van der Waals surface area contributed by atoms with Gasteiger partial charge in [0.05, 0.1) is 24.9 Å². The van der Waals surface area contributed by atoms with E-state index in [1.165, 1.54) is 17.0 Å². The van der Waals surface area contributed by atoms with Crippen LogP contribution >= 0.6 is 27.7 Å². The van der Waals surface area contributed by atoms with Gasteiger partial charge in [0.15, 0.2) is 5.17 Å². The minimum Gasteiger partial charge on any atom is -0.497 e. The van der Waals surface area contributed by atoms with Crippen LogP contribution in [-0.2, 0) is 22.3 Å². The van der Waals surface area contributed by atoms with E-state index < -0.39 is 22.9 Å². The van der Waals surface area contributed by atoms with Gasteiger partial charge in [0.25, 0.3) is 0 Å². The Bertz CT molecular complexity index is 1330. The Morgan fingerprint density at radius 3 is 2.54 bits per heavy atom. The lowest BCUT2D eigenvalue weighted by Crippen LogP contribution is -2.44. The standard InChI is InChI=1S/C26H21BrF3N3O3S/c1-36-21-10-8-16(9-11-21)15-33-23(34)14-22(24(35)31-20-7-3-5-18(27)13-20)37-25(33)32-19-6-2-4-17(12-19)26(28,29)30/h2-13,22H,14-15H2,1H3,(H,31,35). The largest absolute Gasteiger partial charge is 0.497 e. The van der Waals surface area contributed by atoms with Crippen molar-refractivity contribution < 1.29 is 27.5 Å². The zero-order chi connectivity index (χ0) is 26.6. The van der Waals surface area contributed by atoms with Crippen LogP contribution in [-0.4, -0.2) is 34.2 Å². The molecule has 0 saturated carbocycles. The molecule has 2 amide bonds. The summed E-state index contributed by atoms with van der Waals surface area (Å²) in [4.78, 5) is 32.0. The summed E-state index contributed by atoms with van der Waals surface area (Å²) >= 11 is 4.38. The lowest BCUT2D eigenvalue weighted by molar-refractivity contribution is -0.137. The number of aliphatic imine (C=N–C) groups is 1. The molecule has 3 aromatic carbocycles. The second kappa shape index (κ2) is 11.4. The van der Waals surface area contributed by atoms with Gasteiger partial charge in [-0.1, -0.05) is 52.0 Å². The maximum atomic E-state index is 13.3. The van der Waals surface area contributed by atoms with Crippen LogP contribution < -0.4 is 10.1 Å². The Morgan fingerprint density at radius 1 is 1.14 bits per heavy atom. The van der Waals surface area contributed by atoms with E-state index in [2.05, 4.69) is 26.2 Å². The van der Waals surface area contributed by atoms with Gasteiger partial charge in [-0.3, -0.25) is 14.5 Å². The topological polar surface area (TPSA) is 71.0 Å². The summed E-state index contributed by atoms with van der Waals surface area (Å²) in [5.74, 6) is -0.128. The van der Waals surface area contributed by atoms with E-state index in [4.69, 9.17) is 4.74 Å². The summed E-state index contributed by atoms with van der Waals surface area (Å²) in [6, 6.07) is 18.6. The van der Waals surface area contributed by atoms with Gasteiger partial charge in [-0.15, -0.1) is 0 Å². The lowest BCUT2D eigenvalue weighted by atomic mass is 10.2. The van der Waals surface area contributed by atoms with Gasteiger partial charge in [0.2, 0.25) is 11.8 Å². The smallest absolute Gasteiger partial charge is 0.416 e. The number of amidine groups is 1. The lowest BCUT2D eigenvalue weighted by Gasteiger charge is -2.32. The summed E-state index contributed by atoms with van der Waals surface area (Å²) in [6.07, 6.45) is -4.64. The van der Waals surface area contributed by atoms with Crippen molar-refractivity contribution >= 4 is 56.0 Å². The first-order chi connectivity index (χ1) is 17.6. The Kier molecular flexibility index (Phi) is 8.23. The molecule has 37 heavy (non-hydrogen) atoms. The summed E-state index contributed by atoms with van der Waals surface area (Å²) in [7, 11) is 1.54. The van der Waals surface area contributed by atoms with Crippen LogP contribution in [0.3, 0.4) is 0 Å². The van der Waals surface area contributed by atoms with Gasteiger partial charge in [-0.05, 0) is 54.1 Å². The van der Waals surface area contributed by atoms with E-state index in [-0.39, 0.29) is 29.7 Å². The van der Waals surface area contributed by atoms with Gasteiger partial charge in [-0.2, -0.15) is 13.2 Å². The molecule has 0 bridgehead atoms. The highest BCUT2D eigenvalue weighted by Gasteiger charge is 2.36. The molecule has 11 heteroatoms. The van der Waals surface area contributed by atoms with E-state index in [0.29, 0.717) is 11.4 Å². The van der Waals surface area contributed by atoms with E-state index in [9.17, 15) is 22.8 Å². The van der Waals surface area contributed by atoms with Crippen molar-refractivity contribution in [2.75, 3.05) is 12.4 Å². The molecule has 0 radical (unpaired) electrons. The minimum absolute atomic E-state index is 0.0258. The number of nitrogens with zero attached hydrogens (tertiary/aromatic N) is 2. The van der Waals surface area contributed by atoms with Gasteiger partial charge < -0.3 is 10.1 Å². The fraction of sp³-hybridized carbons (Fsp3) is 0.192. The Hall–Kier alpha value is -3.31. The Labute approximate surface area is 224 Å². The average Bonchev–Trinajstić information content (AvgIpc) is 2.86. The van der Waals surface area contributed by atoms with Gasteiger partial charge in [-0.25, -0.2) is 4.99 Å². The number of anilines is 1. The Morgan fingerprint density at radius 2 is 1.86 bits per heavy atom. The Balaban J connectivity index is 1.64. The van der Waals surface area contributed by atoms with Gasteiger partial charge >= 0.3 is 6.18 Å². The molecule has 1 fully saturated rings. The molecule has 3 aromatic rings. The third-order valence-electron chi connectivity index (χ3n) is 5.42. The van der Waals surface area contributed by atoms with Crippen molar-refractivity contribution in [1.29, 1.82) is 0 Å². The third-order valence-corrected chi connectivity index (χ3v) is 7.10. The molecule has 1 heterocycles. The third kappa shape index (κ3) is 6.92. The van der Waals surface area contributed by atoms with Crippen LogP contribution in [0.4, 0.5) is 24.5 Å². The van der Waals surface area contributed by atoms with Crippen LogP contribution in [0, 0.1) is 0 Å². The number of amides is 2. The van der Waals surface area contributed by atoms with Crippen molar-refractivity contribution in [3.05, 3.63) is 88.4 Å². The molecule has 1 atom stereocenters. The predicted molar refractivity (Wildman–Crippen MR) is 141 cm³/mol. The van der Waals surface area contributed by atoms with Crippen molar-refractivity contribution in [2.24, 2.45) is 4.99 Å². The quantitative estimate of drug-likeness (QED) is 0.349. The second-order valence-electron chi connectivity index (χ2n) is 8.08. The van der Waals surface area contributed by atoms with Crippen molar-refractivity contribution in [1.82, 2.24) is 4.90 Å². The first kappa shape index (κ1) is 26.7. The number of carbonyl (C=O) groups is 2. The van der Waals surface area contributed by atoms with E-state index in [0.717, 1.165) is 33.9 Å². The number of hydrogen-bond acceptors (Lipinski definition) is 5. The van der Waals surface area contributed by atoms with E-state index >= 15 is 0 Å². The molecule has 1 aliphatic heterocycles. The predicted octanol–water partition coefficient (Wildman–Crippen LogP) is 6.64. The van der Waals surface area contributed by atoms with Crippen molar-refractivity contribution in [3.8, 4) is 5.75 Å². The van der Waals surface area contributed by atoms with Gasteiger partial charge in [0.1, 0.15) is 11.0 Å². The van der Waals surface area contributed by atoms with Crippen molar-refractivity contribution in [3.63, 3.8) is 0 Å². The molecule has 4 rings (SSSR count). The molecule has 0 aromatic heterocycles. The number of carbonyl (C=O) groups excluding carboxylic acids is 2. The highest BCUT2D eigenvalue weighted by Crippen LogP contribution is 2.34. The fourth-order valence-electron chi connectivity index (χ4n) is 3.56. The summed E-state index contributed by atoms with van der Waals surface area (Å²) in [5, 5.41) is 2.11. The average molecular weight is 592 g/mol. The normalized spacial score (nSPS) is 17.1. The SMILES string of the molecule is COc1ccc(CN2C(=O)CC(C(=O)Nc3cccc(Br)c3)SC2=Nc2cccc(C(F)(F)F)c2)cc1. The molecule has 1 aliphatic rings. The van der Waals surface area contributed by atoms with Gasteiger partial charge in [0, 0.05) is 16.6 Å². The molecule has 1 N–H and O–H groups in total. The molecule has 0 aliphatic carbocycles. The molecule has 1 saturated heterocycles. The number of thioether (sulfide) groups is 1. The van der Waals surface area contributed by atoms with E-state index in [1.54, 1.807) is 49.6 Å². The number of methoxy groups -OCH3 is 1. The number of alkyl halides is 3. The van der Waals surface area contributed by atoms with Crippen molar-refractivity contribution in [2.45, 2.75) is 24.4 Å². The zero-order valence-electron chi connectivity index (χ0n) is 19.5. The number of rotatable bonds is 6. The van der Waals surface area contributed by atoms with Crippen LogP contribution in [0.1, 0.15) is 17.5 Å². The minimum atomic E-state index is -4.54. The maximum Gasteiger partial charge on any atom is 0.416 e. The second-order valence-corrected chi connectivity index (χ2v) is 10.2. The molecular formula is C26H21BrF3N3O3S. The van der Waals surface area contributed by atoms with E-state index in [1.807, 2.05) is 6.07 Å². The highest BCUT2D eigenvalue weighted by molar-refractivity contribution is 9.10. The summed E-state index contributed by atoms with van der Waals surface area (Å²) < 4.78 is 45.7. The number of nitrogens with one attached hydrogen (secondary N) is 1. The first-order valence-corrected chi connectivity index (χ1v) is 12.7. The van der Waals surface area contributed by atoms with Crippen LogP contribution in [0.2, 0.25) is 0 Å². The molecule has 0 spiro atoms. The van der Waals surface area contributed by atoms with Crippen LogP contribution in [0.25, 0.3) is 0 Å². The monoisotopic (exact) mass is 591 g/mol. The number of ether oxygens (including phenoxy) is 1. The summed E-state index contributed by atoms with van der Waals surface area (Å²) in [5.41, 5.74) is 0.484. The maximum absolute atomic E-state index is 13.3. The number of benzene rings is 3. The summed E-state index contributed by atoms with van der Waals surface area (Å²) in [6.45, 7) is 0.133. The molecule has 192 valence electrons. The zero-order valence-corrected chi connectivity index (χ0v) is 21.9. The molecular weight excluding hydrogens is 571 g/mol. The molecule has 1 unspecified atom stereocenters. The highest BCUT2D eigenvalue weighted by atomic mass is 79.9. The fourth-order valence-corrected chi connectivity index (χ4v) is 5.06. The number of hydrogen-bond donors (Lipinski definition) is 1. The molecule has 6 nitrogen and oxygen atoms in total. The van der Waals surface area contributed by atoms with Crippen LogP contribution in [0.15, 0.2) is 82.3 Å². The van der Waals surface area contributed by atoms with Crippen LogP contribution in [0.5, 0.6) is 5.75 Å². The first-order valence-electron chi connectivity index (χ1n) is 11.0. The number of halogens is 4.